The number of nitrogens with one attached hydrogen (secondary N) is 8. The van der Waals surface area contributed by atoms with Crippen LogP contribution in [0.1, 0.15) is 47.9 Å². The lowest BCUT2D eigenvalue weighted by molar-refractivity contribution is -0.117. The highest BCUT2D eigenvalue weighted by Crippen LogP contribution is 2.27. The van der Waals surface area contributed by atoms with Gasteiger partial charge in [0.15, 0.2) is 0 Å². The summed E-state index contributed by atoms with van der Waals surface area (Å²) in [5.74, 6) is -5.40. The fourth-order valence-electron chi connectivity index (χ4n) is 6.27. The molecule has 4 rings (SSSR count). The predicted molar refractivity (Wildman–Crippen MR) is 251 cm³/mol. The quantitative estimate of drug-likeness (QED) is 0.0459. The number of carbonyl (C=O) groups is 9. The second-order valence-corrected chi connectivity index (χ2v) is 14.3. The zero-order valence-electron chi connectivity index (χ0n) is 37.8. The zero-order valence-corrected chi connectivity index (χ0v) is 37.8. The number of anilines is 4. The Bertz CT molecular complexity index is 2660. The number of carbonyl (C=O) groups excluding carboxylic acids is 9. The number of amides is 10. The maximum absolute atomic E-state index is 14.0. The van der Waals surface area contributed by atoms with Gasteiger partial charge in [0.25, 0.3) is 29.5 Å². The topological polar surface area (TPSA) is 365 Å². The molecule has 0 bridgehead atoms. The third kappa shape index (κ3) is 14.9. The van der Waals surface area contributed by atoms with Gasteiger partial charge in [-0.25, -0.2) is 4.79 Å². The third-order valence-electron chi connectivity index (χ3n) is 9.61. The first-order chi connectivity index (χ1) is 32.9. The van der Waals surface area contributed by atoms with Crippen LogP contribution in [0.3, 0.4) is 0 Å². The van der Waals surface area contributed by atoms with Crippen LogP contribution in [-0.4, -0.2) is 114 Å². The van der Waals surface area contributed by atoms with Gasteiger partial charge in [0.05, 0.1) is 70.3 Å². The fourth-order valence-corrected chi connectivity index (χ4v) is 6.27. The van der Waals surface area contributed by atoms with Crippen LogP contribution in [0.2, 0.25) is 0 Å². The molecule has 14 N–H and O–H groups in total. The molecule has 1 atom stereocenters. The summed E-state index contributed by atoms with van der Waals surface area (Å²) in [6.07, 6.45) is -0.0442. The molecule has 0 radical (unpaired) electrons. The average Bonchev–Trinajstić information content (AvgIpc) is 3.33. The molecule has 0 spiro atoms. The van der Waals surface area contributed by atoms with Crippen molar-refractivity contribution in [2.45, 2.75) is 12.5 Å². The van der Waals surface area contributed by atoms with Crippen LogP contribution in [0.4, 0.5) is 27.5 Å². The van der Waals surface area contributed by atoms with Gasteiger partial charge in [-0.3, -0.25) is 38.4 Å². The molecule has 4 aromatic rings. The van der Waals surface area contributed by atoms with Gasteiger partial charge in [-0.1, -0.05) is 6.58 Å². The molecule has 0 saturated carbocycles. The molecule has 0 aliphatic heterocycles. The van der Waals surface area contributed by atoms with E-state index in [4.69, 9.17) is 36.1 Å². The molecule has 0 heterocycles. The number of hydrogen-bond donors (Lipinski definition) is 11. The van der Waals surface area contributed by atoms with Gasteiger partial charge in [0, 0.05) is 29.3 Å². The van der Waals surface area contributed by atoms with Crippen molar-refractivity contribution < 1.29 is 62.1 Å². The molecule has 0 aliphatic carbocycles. The van der Waals surface area contributed by atoms with Gasteiger partial charge >= 0.3 is 6.03 Å². The lowest BCUT2D eigenvalue weighted by atomic mass is 10.0. The van der Waals surface area contributed by atoms with Crippen LogP contribution in [0.5, 0.6) is 23.0 Å². The molecule has 4 aromatic carbocycles. The smallest absolute Gasteiger partial charge is 0.312 e. The Hall–Kier alpha value is -9.19. The van der Waals surface area contributed by atoms with Crippen LogP contribution in [0.25, 0.3) is 0 Å². The largest absolute Gasteiger partial charge is 0.496 e. The maximum atomic E-state index is 14.0. The highest BCUT2D eigenvalue weighted by molar-refractivity contribution is 6.07. The van der Waals surface area contributed by atoms with Crippen molar-refractivity contribution in [1.82, 2.24) is 21.3 Å². The Morgan fingerprint density at radius 3 is 1.29 bits per heavy atom. The van der Waals surface area contributed by atoms with Gasteiger partial charge < -0.3 is 78.7 Å². The molecule has 10 amide bonds. The molecule has 0 fully saturated rings. The van der Waals surface area contributed by atoms with Gasteiger partial charge in [-0.2, -0.15) is 0 Å². The van der Waals surface area contributed by atoms with E-state index in [0.29, 0.717) is 0 Å². The van der Waals surface area contributed by atoms with Crippen molar-refractivity contribution in [2.75, 3.05) is 75.9 Å². The summed E-state index contributed by atoms with van der Waals surface area (Å²) < 4.78 is 21.1. The minimum atomic E-state index is -1.50. The van der Waals surface area contributed by atoms with Crippen LogP contribution in [0.15, 0.2) is 84.9 Å². The number of primary amides is 2. The Morgan fingerprint density at radius 2 is 0.899 bits per heavy atom. The minimum absolute atomic E-state index is 0.0132. The highest BCUT2D eigenvalue weighted by Gasteiger charge is 2.27. The molecular formula is C45H51N11O13. The van der Waals surface area contributed by atoms with Crippen LogP contribution in [-0.2, 0) is 19.2 Å². The summed E-state index contributed by atoms with van der Waals surface area (Å²) in [7, 11) is 5.27. The summed E-state index contributed by atoms with van der Waals surface area (Å²) in [5.41, 5.74) is 16.5. The third-order valence-corrected chi connectivity index (χ3v) is 9.61. The minimum Gasteiger partial charge on any atom is -0.496 e. The molecule has 24 heteroatoms. The molecule has 0 aromatic heterocycles. The Morgan fingerprint density at radius 1 is 0.522 bits per heavy atom. The van der Waals surface area contributed by atoms with Crippen molar-refractivity contribution in [3.05, 3.63) is 107 Å². The number of hydrogen-bond acceptors (Lipinski definition) is 14. The average molecular weight is 954 g/mol. The summed E-state index contributed by atoms with van der Waals surface area (Å²) in [6.45, 7) is 2.52. The van der Waals surface area contributed by atoms with Crippen LogP contribution < -0.4 is 78.7 Å². The normalized spacial score (nSPS) is 10.7. The van der Waals surface area contributed by atoms with E-state index < -0.39 is 72.4 Å². The number of ether oxygens (including phenoxy) is 4. The number of urea groups is 1. The van der Waals surface area contributed by atoms with E-state index in [-0.39, 0.29) is 93.1 Å². The first-order valence-corrected chi connectivity index (χ1v) is 20.4. The maximum Gasteiger partial charge on any atom is 0.312 e. The Labute approximate surface area is 394 Å². The van der Waals surface area contributed by atoms with Crippen molar-refractivity contribution in [3.63, 3.8) is 0 Å². The fraction of sp³-hybridized carbons (Fsp3) is 0.222. The molecule has 0 saturated heterocycles. The second kappa shape index (κ2) is 24.9. The lowest BCUT2D eigenvalue weighted by Crippen LogP contribution is -2.45. The first-order valence-electron chi connectivity index (χ1n) is 20.4. The summed E-state index contributed by atoms with van der Waals surface area (Å²) in [6, 6.07) is 14.3. The standard InChI is InChI=1S/C45H51N11O13/c1-23(14-15-49-45(48)65)39(44(64)55-27-9-13-34(68-4)30(19-27)42(62)51-21-37(58)53-24-6-10-32(66-2)28(16-24)40(47)60)56-43(63)31-18-26(8-12-35(31)69-5)54-38(59)22-50-41(61)29-17-25(52-36(57)20-46)7-11-33(29)67-3/h6-13,16-19,39H,1,14-15,20-22,46H2,2-5H3,(H2,47,60)(H,50,61)(H,51,62)(H,52,57)(H,53,58)(H,54,59)(H,55,64)(H,56,63)(H3,48,49,65)/t39-/m1/s1. The summed E-state index contributed by atoms with van der Waals surface area (Å²) >= 11 is 0. The Balaban J connectivity index is 1.49. The van der Waals surface area contributed by atoms with Gasteiger partial charge in [-0.15, -0.1) is 0 Å². The van der Waals surface area contributed by atoms with Crippen molar-refractivity contribution in [1.29, 1.82) is 0 Å². The zero-order chi connectivity index (χ0) is 50.8. The molecule has 0 aliphatic rings. The highest BCUT2D eigenvalue weighted by atomic mass is 16.5. The van der Waals surface area contributed by atoms with Gasteiger partial charge in [0.1, 0.15) is 29.0 Å². The lowest BCUT2D eigenvalue weighted by Gasteiger charge is -2.22. The van der Waals surface area contributed by atoms with Gasteiger partial charge in [0.2, 0.25) is 17.7 Å². The van der Waals surface area contributed by atoms with E-state index in [0.717, 1.165) is 0 Å². The monoisotopic (exact) mass is 953 g/mol. The van der Waals surface area contributed by atoms with E-state index in [1.807, 2.05) is 0 Å². The van der Waals surface area contributed by atoms with E-state index in [1.165, 1.54) is 101 Å². The summed E-state index contributed by atoms with van der Waals surface area (Å²) in [5, 5.41) is 20.2. The number of nitrogens with two attached hydrogens (primary N) is 3. The molecule has 364 valence electrons. The van der Waals surface area contributed by atoms with E-state index in [2.05, 4.69) is 49.1 Å². The van der Waals surface area contributed by atoms with E-state index >= 15 is 0 Å². The second-order valence-electron chi connectivity index (χ2n) is 14.3. The first kappa shape index (κ1) is 52.4. The van der Waals surface area contributed by atoms with Crippen molar-refractivity contribution in [2.24, 2.45) is 17.2 Å². The van der Waals surface area contributed by atoms with E-state index in [1.54, 1.807) is 0 Å². The van der Waals surface area contributed by atoms with Gasteiger partial charge in [-0.05, 0) is 84.8 Å². The molecular weight excluding hydrogens is 903 g/mol. The summed E-state index contributed by atoms with van der Waals surface area (Å²) in [4.78, 5) is 115. The molecule has 24 nitrogen and oxygen atoms in total. The van der Waals surface area contributed by atoms with E-state index in [9.17, 15) is 43.2 Å². The predicted octanol–water partition coefficient (Wildman–Crippen LogP) is 0.806. The van der Waals surface area contributed by atoms with Crippen molar-refractivity contribution in [3.8, 4) is 23.0 Å². The number of methoxy groups -OCH3 is 4. The van der Waals surface area contributed by atoms with Crippen molar-refractivity contribution >= 4 is 76.0 Å². The molecule has 69 heavy (non-hydrogen) atoms. The van der Waals surface area contributed by atoms with Crippen LogP contribution in [0, 0.1) is 0 Å². The SMILES string of the molecule is C=C(CCNC(N)=O)[C@@H](NC(=O)c1cc(NC(=O)CNC(=O)c2cc(NC(=O)CN)ccc2OC)ccc1OC)C(=O)Nc1ccc(OC)c(C(=O)NCC(=O)Nc2ccc(OC)c(C(N)=O)c2)c1. The number of benzene rings is 4. The molecule has 0 unspecified atom stereocenters. The Kier molecular flexibility index (Phi) is 18.9. The number of rotatable bonds is 23. The van der Waals surface area contributed by atoms with Crippen LogP contribution >= 0.6 is 0 Å².